The zero-order valence-electron chi connectivity index (χ0n) is 11.3. The summed E-state index contributed by atoms with van der Waals surface area (Å²) >= 11 is 0. The summed E-state index contributed by atoms with van der Waals surface area (Å²) in [6, 6.07) is 6.42. The Kier molecular flexibility index (Phi) is 3.57. The predicted molar refractivity (Wildman–Crippen MR) is 75.1 cm³/mol. The van der Waals surface area contributed by atoms with Crippen LogP contribution in [-0.4, -0.2) is 32.6 Å². The van der Waals surface area contributed by atoms with Crippen molar-refractivity contribution in [1.29, 1.82) is 0 Å². The molecule has 2 N–H and O–H groups in total. The summed E-state index contributed by atoms with van der Waals surface area (Å²) in [5, 5.41) is 0. The van der Waals surface area contributed by atoms with Gasteiger partial charge in [-0.1, -0.05) is 0 Å². The van der Waals surface area contributed by atoms with Gasteiger partial charge in [0, 0.05) is 38.1 Å². The standard InChI is InChI=1S/C14H21N3O/c1-10(15)6-7-16(2)12-4-5-13-11(8-12)9-14(18)17(13)3/h4-5,8,10H,6-7,9,15H2,1-3H3. The average Bonchev–Trinajstić information content (AvgIpc) is 2.61. The largest absolute Gasteiger partial charge is 0.375 e. The molecule has 0 fully saturated rings. The molecule has 1 aliphatic rings. The fourth-order valence-electron chi connectivity index (χ4n) is 2.22. The minimum absolute atomic E-state index is 0.167. The molecule has 4 heteroatoms. The van der Waals surface area contributed by atoms with Gasteiger partial charge in [-0.3, -0.25) is 4.79 Å². The van der Waals surface area contributed by atoms with Gasteiger partial charge in [0.25, 0.3) is 0 Å². The van der Waals surface area contributed by atoms with Crippen molar-refractivity contribution in [2.45, 2.75) is 25.8 Å². The van der Waals surface area contributed by atoms with E-state index in [0.29, 0.717) is 6.42 Å². The highest BCUT2D eigenvalue weighted by Gasteiger charge is 2.24. The van der Waals surface area contributed by atoms with Crippen molar-refractivity contribution in [3.8, 4) is 0 Å². The summed E-state index contributed by atoms with van der Waals surface area (Å²) in [6.45, 7) is 2.95. The predicted octanol–water partition coefficient (Wildman–Crippen LogP) is 1.38. The lowest BCUT2D eigenvalue weighted by Gasteiger charge is -2.21. The summed E-state index contributed by atoms with van der Waals surface area (Å²) in [5.74, 6) is 0.167. The van der Waals surface area contributed by atoms with E-state index in [-0.39, 0.29) is 11.9 Å². The third-order valence-electron chi connectivity index (χ3n) is 3.50. The lowest BCUT2D eigenvalue weighted by atomic mass is 10.1. The van der Waals surface area contributed by atoms with E-state index >= 15 is 0 Å². The maximum atomic E-state index is 11.6. The second kappa shape index (κ2) is 4.98. The van der Waals surface area contributed by atoms with Crippen LogP contribution < -0.4 is 15.5 Å². The van der Waals surface area contributed by atoms with E-state index in [2.05, 4.69) is 24.1 Å². The van der Waals surface area contributed by atoms with Crippen LogP contribution in [0.1, 0.15) is 18.9 Å². The van der Waals surface area contributed by atoms with Crippen LogP contribution in [0.25, 0.3) is 0 Å². The first-order chi connectivity index (χ1) is 8.49. The van der Waals surface area contributed by atoms with Crippen LogP contribution in [0.5, 0.6) is 0 Å². The third-order valence-corrected chi connectivity index (χ3v) is 3.50. The van der Waals surface area contributed by atoms with Gasteiger partial charge in [0.1, 0.15) is 0 Å². The van der Waals surface area contributed by atoms with Gasteiger partial charge in [0.2, 0.25) is 5.91 Å². The number of benzene rings is 1. The third kappa shape index (κ3) is 2.48. The Hall–Kier alpha value is -1.55. The number of likely N-dealkylation sites (N-methyl/N-ethyl adjacent to an activating group) is 1. The van der Waals surface area contributed by atoms with E-state index in [1.54, 1.807) is 4.90 Å². The highest BCUT2D eigenvalue weighted by Crippen LogP contribution is 2.31. The first-order valence-corrected chi connectivity index (χ1v) is 6.35. The minimum atomic E-state index is 0.167. The number of amides is 1. The van der Waals surface area contributed by atoms with Crippen molar-refractivity contribution in [3.05, 3.63) is 23.8 Å². The molecular formula is C14H21N3O. The number of nitrogens with zero attached hydrogens (tertiary/aromatic N) is 2. The highest BCUT2D eigenvalue weighted by atomic mass is 16.2. The number of nitrogens with two attached hydrogens (primary N) is 1. The Bertz CT molecular complexity index is 456. The van der Waals surface area contributed by atoms with Gasteiger partial charge in [0.05, 0.1) is 6.42 Å². The first-order valence-electron chi connectivity index (χ1n) is 6.35. The molecule has 0 radical (unpaired) electrons. The number of rotatable bonds is 4. The number of carbonyl (C=O) groups excluding carboxylic acids is 1. The number of fused-ring (bicyclic) bond motifs is 1. The van der Waals surface area contributed by atoms with Gasteiger partial charge < -0.3 is 15.5 Å². The van der Waals surface area contributed by atoms with Crippen LogP contribution in [0.4, 0.5) is 11.4 Å². The molecule has 98 valence electrons. The Labute approximate surface area is 108 Å². The molecule has 0 bridgehead atoms. The van der Waals surface area contributed by atoms with Crippen molar-refractivity contribution in [1.82, 2.24) is 0 Å². The van der Waals surface area contributed by atoms with Crippen molar-refractivity contribution in [3.63, 3.8) is 0 Å². The van der Waals surface area contributed by atoms with Gasteiger partial charge in [-0.05, 0) is 37.1 Å². The Balaban J connectivity index is 2.13. The molecule has 1 heterocycles. The summed E-state index contributed by atoms with van der Waals surface area (Å²) in [4.78, 5) is 15.5. The fraction of sp³-hybridized carbons (Fsp3) is 0.500. The molecule has 0 aromatic heterocycles. The quantitative estimate of drug-likeness (QED) is 0.874. The first kappa shape index (κ1) is 12.9. The molecule has 4 nitrogen and oxygen atoms in total. The van der Waals surface area contributed by atoms with Crippen molar-refractivity contribution in [2.24, 2.45) is 5.73 Å². The molecule has 0 saturated carbocycles. The topological polar surface area (TPSA) is 49.6 Å². The number of carbonyl (C=O) groups is 1. The second-order valence-corrected chi connectivity index (χ2v) is 5.13. The molecular weight excluding hydrogens is 226 g/mol. The van der Waals surface area contributed by atoms with Gasteiger partial charge in [-0.25, -0.2) is 0 Å². The summed E-state index contributed by atoms with van der Waals surface area (Å²) < 4.78 is 0. The lowest BCUT2D eigenvalue weighted by Crippen LogP contribution is -2.25. The lowest BCUT2D eigenvalue weighted by molar-refractivity contribution is -0.117. The van der Waals surface area contributed by atoms with Crippen LogP contribution >= 0.6 is 0 Å². The van der Waals surface area contributed by atoms with Crippen LogP contribution in [0.15, 0.2) is 18.2 Å². The monoisotopic (exact) mass is 247 g/mol. The second-order valence-electron chi connectivity index (χ2n) is 5.13. The van der Waals surface area contributed by atoms with E-state index in [1.165, 1.54) is 0 Å². The van der Waals surface area contributed by atoms with Gasteiger partial charge in [-0.2, -0.15) is 0 Å². The van der Waals surface area contributed by atoms with Gasteiger partial charge in [0.15, 0.2) is 0 Å². The van der Waals surface area contributed by atoms with Crippen molar-refractivity contribution >= 4 is 17.3 Å². The maximum Gasteiger partial charge on any atom is 0.231 e. The van der Waals surface area contributed by atoms with Crippen LogP contribution in [0, 0.1) is 0 Å². The smallest absolute Gasteiger partial charge is 0.231 e. The number of hydrogen-bond acceptors (Lipinski definition) is 3. The zero-order chi connectivity index (χ0) is 13.3. The minimum Gasteiger partial charge on any atom is -0.375 e. The molecule has 1 amide bonds. The fourth-order valence-corrected chi connectivity index (χ4v) is 2.22. The van der Waals surface area contributed by atoms with E-state index in [9.17, 15) is 4.79 Å². The molecule has 0 spiro atoms. The van der Waals surface area contributed by atoms with E-state index in [1.807, 2.05) is 20.0 Å². The highest BCUT2D eigenvalue weighted by molar-refractivity contribution is 6.01. The molecule has 1 aromatic rings. The Morgan fingerprint density at radius 1 is 1.50 bits per heavy atom. The van der Waals surface area contributed by atoms with Gasteiger partial charge in [-0.15, -0.1) is 0 Å². The Morgan fingerprint density at radius 3 is 2.89 bits per heavy atom. The molecule has 0 aliphatic carbocycles. The summed E-state index contributed by atoms with van der Waals surface area (Å²) in [7, 11) is 3.89. The van der Waals surface area contributed by atoms with E-state index in [4.69, 9.17) is 5.73 Å². The molecule has 1 atom stereocenters. The molecule has 1 aromatic carbocycles. The van der Waals surface area contributed by atoms with Crippen LogP contribution in [0.3, 0.4) is 0 Å². The van der Waals surface area contributed by atoms with Crippen LogP contribution in [-0.2, 0) is 11.2 Å². The number of anilines is 2. The molecule has 0 saturated heterocycles. The van der Waals surface area contributed by atoms with E-state index in [0.717, 1.165) is 29.9 Å². The number of hydrogen-bond donors (Lipinski definition) is 1. The average molecular weight is 247 g/mol. The zero-order valence-corrected chi connectivity index (χ0v) is 11.3. The maximum absolute atomic E-state index is 11.6. The van der Waals surface area contributed by atoms with E-state index < -0.39 is 0 Å². The van der Waals surface area contributed by atoms with Crippen molar-refractivity contribution in [2.75, 3.05) is 30.4 Å². The molecule has 2 rings (SSSR count). The van der Waals surface area contributed by atoms with Gasteiger partial charge >= 0.3 is 0 Å². The van der Waals surface area contributed by atoms with Crippen molar-refractivity contribution < 1.29 is 4.79 Å². The normalized spacial score (nSPS) is 15.8. The summed E-state index contributed by atoms with van der Waals surface area (Å²) in [5.41, 5.74) is 9.07. The summed E-state index contributed by atoms with van der Waals surface area (Å²) in [6.07, 6.45) is 1.48. The molecule has 1 unspecified atom stereocenters. The SMILES string of the molecule is CC(N)CCN(C)c1ccc2c(c1)CC(=O)N2C. The molecule has 1 aliphatic heterocycles. The van der Waals surface area contributed by atoms with Crippen LogP contribution in [0.2, 0.25) is 0 Å². The molecule has 18 heavy (non-hydrogen) atoms. The Morgan fingerprint density at radius 2 is 2.22 bits per heavy atom.